The third-order valence-corrected chi connectivity index (χ3v) is 7.50. The summed E-state index contributed by atoms with van der Waals surface area (Å²) in [6, 6.07) is 8.54. The first-order chi connectivity index (χ1) is 16.4. The van der Waals surface area contributed by atoms with Gasteiger partial charge < -0.3 is 19.4 Å². The standard InChI is InChI=1S/C27H33FN4O2/c1-3-14-32-25(33)24-23(30-15-8-9-16-30)21-17-19(28)12-13-22(21)31(24)18-27(32,2)26(34)29-20-10-6-4-5-7-11-20/h8-9,12-13,15-17,20H,3-7,10-11,14,18H2,1-2H3,(H,29,34)/t27-/m0/s1. The van der Waals surface area contributed by atoms with Crippen LogP contribution in [0.1, 0.15) is 69.3 Å². The molecule has 0 spiro atoms. The first-order valence-electron chi connectivity index (χ1n) is 12.5. The normalized spacial score (nSPS) is 21.5. The van der Waals surface area contributed by atoms with Crippen LogP contribution in [0.2, 0.25) is 0 Å². The molecule has 2 aromatic heterocycles. The van der Waals surface area contributed by atoms with Crippen molar-refractivity contribution in [3.8, 4) is 5.69 Å². The van der Waals surface area contributed by atoms with Gasteiger partial charge in [-0.25, -0.2) is 4.39 Å². The zero-order valence-corrected chi connectivity index (χ0v) is 20.0. The Morgan fingerprint density at radius 1 is 1.15 bits per heavy atom. The van der Waals surface area contributed by atoms with Gasteiger partial charge in [-0.15, -0.1) is 0 Å². The van der Waals surface area contributed by atoms with Crippen molar-refractivity contribution in [3.05, 3.63) is 54.2 Å². The van der Waals surface area contributed by atoms with Crippen molar-refractivity contribution in [1.82, 2.24) is 19.4 Å². The van der Waals surface area contributed by atoms with E-state index in [0.717, 1.165) is 37.6 Å². The van der Waals surface area contributed by atoms with E-state index in [1.165, 1.54) is 25.0 Å². The Morgan fingerprint density at radius 3 is 2.53 bits per heavy atom. The van der Waals surface area contributed by atoms with Crippen molar-refractivity contribution < 1.29 is 14.0 Å². The molecule has 0 bridgehead atoms. The number of rotatable bonds is 5. The minimum atomic E-state index is -1.03. The highest BCUT2D eigenvalue weighted by atomic mass is 19.1. The van der Waals surface area contributed by atoms with Crippen LogP contribution >= 0.6 is 0 Å². The van der Waals surface area contributed by atoms with Crippen LogP contribution in [0.5, 0.6) is 0 Å². The van der Waals surface area contributed by atoms with Crippen LogP contribution in [0, 0.1) is 5.82 Å². The van der Waals surface area contributed by atoms with Gasteiger partial charge in [-0.2, -0.15) is 0 Å². The number of benzene rings is 1. The zero-order valence-electron chi connectivity index (χ0n) is 20.0. The summed E-state index contributed by atoms with van der Waals surface area (Å²) in [4.78, 5) is 29.6. The second-order valence-electron chi connectivity index (χ2n) is 9.93. The summed E-state index contributed by atoms with van der Waals surface area (Å²) in [6.45, 7) is 4.70. The maximum atomic E-state index is 14.3. The van der Waals surface area contributed by atoms with Gasteiger partial charge in [0.15, 0.2) is 0 Å². The number of aromatic nitrogens is 2. The fraction of sp³-hybridized carbons (Fsp3) is 0.481. The topological polar surface area (TPSA) is 59.3 Å². The Labute approximate surface area is 199 Å². The third-order valence-electron chi connectivity index (χ3n) is 7.50. The fourth-order valence-corrected chi connectivity index (χ4v) is 5.71. The van der Waals surface area contributed by atoms with Gasteiger partial charge in [-0.3, -0.25) is 9.59 Å². The zero-order chi connectivity index (χ0) is 23.9. The van der Waals surface area contributed by atoms with E-state index in [-0.39, 0.29) is 23.7 Å². The lowest BCUT2D eigenvalue weighted by Crippen LogP contribution is -2.65. The molecular weight excluding hydrogens is 431 g/mol. The largest absolute Gasteiger partial charge is 0.351 e. The molecule has 2 aliphatic rings. The summed E-state index contributed by atoms with van der Waals surface area (Å²) in [5, 5.41) is 3.96. The molecule has 1 atom stereocenters. The quantitative estimate of drug-likeness (QED) is 0.538. The lowest BCUT2D eigenvalue weighted by atomic mass is 9.93. The summed E-state index contributed by atoms with van der Waals surface area (Å²) < 4.78 is 18.1. The lowest BCUT2D eigenvalue weighted by Gasteiger charge is -2.44. The van der Waals surface area contributed by atoms with E-state index < -0.39 is 5.54 Å². The molecule has 1 fully saturated rings. The number of hydrogen-bond acceptors (Lipinski definition) is 2. The molecule has 5 rings (SSSR count). The minimum Gasteiger partial charge on any atom is -0.351 e. The van der Waals surface area contributed by atoms with Crippen LogP contribution in [-0.4, -0.2) is 44.0 Å². The second kappa shape index (κ2) is 8.93. The molecule has 1 N–H and O–H groups in total. The average molecular weight is 465 g/mol. The van der Waals surface area contributed by atoms with Crippen molar-refractivity contribution in [1.29, 1.82) is 0 Å². The van der Waals surface area contributed by atoms with Crippen molar-refractivity contribution in [3.63, 3.8) is 0 Å². The van der Waals surface area contributed by atoms with Crippen LogP contribution in [0.25, 0.3) is 16.6 Å². The molecule has 0 saturated heterocycles. The van der Waals surface area contributed by atoms with Crippen molar-refractivity contribution in [2.75, 3.05) is 6.54 Å². The molecule has 7 heteroatoms. The number of halogens is 1. The first kappa shape index (κ1) is 22.7. The number of fused-ring (bicyclic) bond motifs is 3. The van der Waals surface area contributed by atoms with E-state index in [4.69, 9.17) is 0 Å². The maximum absolute atomic E-state index is 14.3. The van der Waals surface area contributed by atoms with E-state index in [1.807, 2.05) is 47.5 Å². The van der Waals surface area contributed by atoms with E-state index in [1.54, 1.807) is 11.0 Å². The van der Waals surface area contributed by atoms with E-state index in [0.29, 0.717) is 29.9 Å². The highest BCUT2D eigenvalue weighted by Gasteiger charge is 2.49. The summed E-state index contributed by atoms with van der Waals surface area (Å²) in [5.74, 6) is -0.638. The van der Waals surface area contributed by atoms with Gasteiger partial charge in [-0.05, 0) is 56.5 Å². The number of nitrogens with zero attached hydrogens (tertiary/aromatic N) is 3. The number of hydrogen-bond donors (Lipinski definition) is 1. The SMILES string of the molecule is CCCN1C(=O)c2c(-n3cccc3)c3cc(F)ccc3n2C[C@@]1(C)C(=O)NC1CCCCCC1. The number of carbonyl (C=O) groups is 2. The summed E-state index contributed by atoms with van der Waals surface area (Å²) in [6.07, 6.45) is 11.1. The van der Waals surface area contributed by atoms with E-state index in [9.17, 15) is 14.0 Å². The highest BCUT2D eigenvalue weighted by molar-refractivity contribution is 6.09. The summed E-state index contributed by atoms with van der Waals surface area (Å²) >= 11 is 0. The molecule has 180 valence electrons. The van der Waals surface area contributed by atoms with Gasteiger partial charge in [0.25, 0.3) is 5.91 Å². The highest BCUT2D eigenvalue weighted by Crippen LogP contribution is 2.38. The molecule has 2 amide bonds. The summed E-state index contributed by atoms with van der Waals surface area (Å²) in [7, 11) is 0. The van der Waals surface area contributed by atoms with Crippen LogP contribution in [-0.2, 0) is 11.3 Å². The molecule has 34 heavy (non-hydrogen) atoms. The Bertz CT molecular complexity index is 1210. The Hall–Kier alpha value is -3.09. The Balaban J connectivity index is 1.62. The predicted molar refractivity (Wildman–Crippen MR) is 131 cm³/mol. The van der Waals surface area contributed by atoms with Gasteiger partial charge in [0.05, 0.1) is 17.7 Å². The summed E-state index contributed by atoms with van der Waals surface area (Å²) in [5.41, 5.74) is 0.903. The fourth-order valence-electron chi connectivity index (χ4n) is 5.71. The lowest BCUT2D eigenvalue weighted by molar-refractivity contribution is -0.133. The number of carbonyl (C=O) groups excluding carboxylic acids is 2. The smallest absolute Gasteiger partial charge is 0.273 e. The first-order valence-corrected chi connectivity index (χ1v) is 12.5. The van der Waals surface area contributed by atoms with Gasteiger partial charge in [-0.1, -0.05) is 32.6 Å². The van der Waals surface area contributed by atoms with Crippen LogP contribution in [0.3, 0.4) is 0 Å². The Kier molecular flexibility index (Phi) is 5.96. The second-order valence-corrected chi connectivity index (χ2v) is 9.93. The van der Waals surface area contributed by atoms with Crippen molar-refractivity contribution in [2.24, 2.45) is 0 Å². The molecular formula is C27H33FN4O2. The molecule has 1 aliphatic heterocycles. The van der Waals surface area contributed by atoms with Crippen molar-refractivity contribution >= 4 is 22.7 Å². The van der Waals surface area contributed by atoms with Gasteiger partial charge in [0.2, 0.25) is 5.91 Å². The van der Waals surface area contributed by atoms with Crippen LogP contribution < -0.4 is 5.32 Å². The number of amides is 2. The van der Waals surface area contributed by atoms with Gasteiger partial charge in [0, 0.05) is 30.4 Å². The molecule has 3 aromatic rings. The van der Waals surface area contributed by atoms with Crippen LogP contribution in [0.15, 0.2) is 42.7 Å². The number of nitrogens with one attached hydrogen (secondary N) is 1. The van der Waals surface area contributed by atoms with Gasteiger partial charge in [0.1, 0.15) is 17.1 Å². The molecule has 1 aliphatic carbocycles. The molecule has 6 nitrogen and oxygen atoms in total. The van der Waals surface area contributed by atoms with Crippen LogP contribution in [0.4, 0.5) is 4.39 Å². The molecule has 0 radical (unpaired) electrons. The minimum absolute atomic E-state index is 0.0988. The van der Waals surface area contributed by atoms with E-state index in [2.05, 4.69) is 5.32 Å². The Morgan fingerprint density at radius 2 is 1.85 bits per heavy atom. The predicted octanol–water partition coefficient (Wildman–Crippen LogP) is 5.03. The molecule has 1 saturated carbocycles. The maximum Gasteiger partial charge on any atom is 0.273 e. The van der Waals surface area contributed by atoms with Crippen molar-refractivity contribution in [2.45, 2.75) is 76.9 Å². The third kappa shape index (κ3) is 3.71. The molecule has 3 heterocycles. The molecule has 0 unspecified atom stereocenters. The monoisotopic (exact) mass is 464 g/mol. The molecule has 1 aromatic carbocycles. The van der Waals surface area contributed by atoms with Gasteiger partial charge >= 0.3 is 0 Å². The van der Waals surface area contributed by atoms with E-state index >= 15 is 0 Å². The average Bonchev–Trinajstić information content (AvgIpc) is 3.36.